The van der Waals surface area contributed by atoms with Crippen LogP contribution < -0.4 is 16.2 Å². The minimum atomic E-state index is -1.36. The Morgan fingerprint density at radius 2 is 1.22 bits per heavy atom. The zero-order valence-corrected chi connectivity index (χ0v) is 19.7. The highest BCUT2D eigenvalue weighted by molar-refractivity contribution is 6.23. The van der Waals surface area contributed by atoms with Crippen molar-refractivity contribution in [2.24, 2.45) is 0 Å². The molecule has 37 heavy (non-hydrogen) atoms. The first-order valence-corrected chi connectivity index (χ1v) is 12.1. The lowest BCUT2D eigenvalue weighted by molar-refractivity contribution is -0.117. The monoisotopic (exact) mass is 482 g/mol. The van der Waals surface area contributed by atoms with Crippen molar-refractivity contribution in [3.8, 4) is 5.69 Å². The number of benzene rings is 4. The van der Waals surface area contributed by atoms with E-state index in [1.165, 1.54) is 4.68 Å². The van der Waals surface area contributed by atoms with Crippen LogP contribution in [0.5, 0.6) is 0 Å². The topological polar surface area (TPSA) is 78.9 Å². The van der Waals surface area contributed by atoms with Crippen molar-refractivity contribution in [1.29, 1.82) is 0 Å². The average molecular weight is 483 g/mol. The van der Waals surface area contributed by atoms with Gasteiger partial charge in [-0.2, -0.15) is 0 Å². The Balaban J connectivity index is 1.65. The van der Waals surface area contributed by atoms with Crippen molar-refractivity contribution < 1.29 is 4.79 Å². The minimum Gasteiger partial charge on any atom is -0.339 e. The number of fused-ring (bicyclic) bond motifs is 4. The number of aromatic nitrogens is 2. The third-order valence-corrected chi connectivity index (χ3v) is 7.20. The van der Waals surface area contributed by atoms with Crippen LogP contribution in [0, 0.1) is 0 Å². The number of hydrogen-bond acceptors (Lipinski definition) is 3. The van der Waals surface area contributed by atoms with E-state index in [-0.39, 0.29) is 11.5 Å². The van der Waals surface area contributed by atoms with Gasteiger partial charge in [-0.25, -0.2) is 4.68 Å². The molecule has 0 saturated heterocycles. The summed E-state index contributed by atoms with van der Waals surface area (Å²) in [4.78, 5) is 28.5. The summed E-state index contributed by atoms with van der Waals surface area (Å²) in [6, 6.07) is 36.8. The van der Waals surface area contributed by atoms with Gasteiger partial charge in [0.15, 0.2) is 0 Å². The highest BCUT2D eigenvalue weighted by atomic mass is 16.2. The number of H-pyrrole nitrogens is 1. The quantitative estimate of drug-likeness (QED) is 0.322. The number of nitrogens with zero attached hydrogens (tertiary/aromatic N) is 1. The predicted molar refractivity (Wildman–Crippen MR) is 146 cm³/mol. The lowest BCUT2D eigenvalue weighted by Gasteiger charge is -2.36. The van der Waals surface area contributed by atoms with E-state index >= 15 is 0 Å². The van der Waals surface area contributed by atoms with Gasteiger partial charge >= 0.3 is 0 Å². The van der Waals surface area contributed by atoms with Crippen LogP contribution in [-0.4, -0.2) is 15.7 Å². The highest BCUT2D eigenvalue weighted by Gasteiger charge is 2.58. The predicted octanol–water partition coefficient (Wildman–Crippen LogP) is 5.40. The van der Waals surface area contributed by atoms with Crippen LogP contribution >= 0.6 is 0 Å². The molecule has 6 heteroatoms. The number of carbonyl (C=O) groups excluding carboxylic acids is 1. The summed E-state index contributed by atoms with van der Waals surface area (Å²) in [5.74, 6) is 0.249. The summed E-state index contributed by atoms with van der Waals surface area (Å²) in [5.41, 5.74) is 4.16. The first kappa shape index (κ1) is 21.2. The molecule has 6 nitrogen and oxygen atoms in total. The maximum atomic E-state index is 14.3. The zero-order chi connectivity index (χ0) is 25.0. The largest absolute Gasteiger partial charge is 0.339 e. The molecule has 1 spiro atoms. The van der Waals surface area contributed by atoms with Gasteiger partial charge in [0.05, 0.1) is 16.9 Å². The summed E-state index contributed by atoms with van der Waals surface area (Å²) in [5, 5.41) is 9.87. The molecule has 0 bridgehead atoms. The van der Waals surface area contributed by atoms with E-state index in [2.05, 4.69) is 15.7 Å². The van der Waals surface area contributed by atoms with Gasteiger partial charge in [0.1, 0.15) is 11.2 Å². The van der Waals surface area contributed by atoms with E-state index in [0.29, 0.717) is 22.8 Å². The Morgan fingerprint density at radius 1 is 0.622 bits per heavy atom. The van der Waals surface area contributed by atoms with Crippen molar-refractivity contribution in [3.63, 3.8) is 0 Å². The van der Waals surface area contributed by atoms with E-state index in [0.717, 1.165) is 28.0 Å². The molecular formula is C31H22N4O2. The number of para-hydroxylation sites is 2. The average Bonchev–Trinajstić information content (AvgIpc) is 3.44. The highest BCUT2D eigenvalue weighted by Crippen LogP contribution is 2.56. The lowest BCUT2D eigenvalue weighted by Crippen LogP contribution is -2.44. The van der Waals surface area contributed by atoms with Gasteiger partial charge < -0.3 is 10.6 Å². The second-order valence-corrected chi connectivity index (χ2v) is 9.19. The smallest absolute Gasteiger partial charge is 0.278 e. The number of aromatic amines is 1. The molecule has 0 fully saturated rings. The maximum Gasteiger partial charge on any atom is 0.278 e. The van der Waals surface area contributed by atoms with Crippen LogP contribution in [0.25, 0.3) is 17.0 Å². The van der Waals surface area contributed by atoms with E-state index in [1.807, 2.05) is 115 Å². The number of nitrogens with one attached hydrogen (secondary N) is 3. The normalized spacial score (nSPS) is 17.8. The first-order chi connectivity index (χ1) is 18.2. The van der Waals surface area contributed by atoms with Crippen molar-refractivity contribution in [3.05, 3.63) is 148 Å². The zero-order valence-electron chi connectivity index (χ0n) is 19.7. The number of rotatable bonds is 3. The summed E-state index contributed by atoms with van der Waals surface area (Å²) in [6.07, 6.45) is 0. The third kappa shape index (κ3) is 2.93. The van der Waals surface area contributed by atoms with Gasteiger partial charge in [0.2, 0.25) is 5.91 Å². The summed E-state index contributed by atoms with van der Waals surface area (Å²) >= 11 is 0. The fraction of sp³-hybridized carbons (Fsp3) is 0.0323. The van der Waals surface area contributed by atoms with Crippen molar-refractivity contribution in [2.45, 2.75) is 5.41 Å². The van der Waals surface area contributed by atoms with E-state index in [1.54, 1.807) is 0 Å². The summed E-state index contributed by atoms with van der Waals surface area (Å²) in [6.45, 7) is 0. The van der Waals surface area contributed by atoms with Crippen molar-refractivity contribution in [1.82, 2.24) is 9.78 Å². The summed E-state index contributed by atoms with van der Waals surface area (Å²) in [7, 11) is 0. The molecule has 1 unspecified atom stereocenters. The molecule has 1 amide bonds. The van der Waals surface area contributed by atoms with E-state index in [9.17, 15) is 9.59 Å². The number of carbonyl (C=O) groups is 1. The molecule has 5 aromatic rings. The molecule has 4 aromatic carbocycles. The fourth-order valence-electron chi connectivity index (χ4n) is 5.68. The van der Waals surface area contributed by atoms with Crippen molar-refractivity contribution in [2.75, 3.05) is 10.6 Å². The van der Waals surface area contributed by atoms with E-state index in [4.69, 9.17) is 0 Å². The SMILES string of the molecule is O=C1Nc2ccccc2C12C(c1ccccc1)=C(c1ccccc1)Nc1[nH]n(-c3ccccc3)c(=O)c12. The van der Waals surface area contributed by atoms with Crippen LogP contribution in [0.1, 0.15) is 22.3 Å². The Labute approximate surface area is 212 Å². The molecule has 1 atom stereocenters. The number of hydrogen-bond donors (Lipinski definition) is 3. The molecule has 178 valence electrons. The molecule has 7 rings (SSSR count). The second-order valence-electron chi connectivity index (χ2n) is 9.19. The Morgan fingerprint density at radius 3 is 1.92 bits per heavy atom. The van der Waals surface area contributed by atoms with Gasteiger partial charge in [-0.05, 0) is 29.3 Å². The van der Waals surface area contributed by atoms with Gasteiger partial charge in [-0.1, -0.05) is 97.1 Å². The second kappa shape index (κ2) is 7.96. The summed E-state index contributed by atoms with van der Waals surface area (Å²) < 4.78 is 1.50. The van der Waals surface area contributed by atoms with Crippen LogP contribution in [0.2, 0.25) is 0 Å². The molecule has 0 saturated carbocycles. The third-order valence-electron chi connectivity index (χ3n) is 7.20. The molecule has 0 aliphatic carbocycles. The molecule has 0 radical (unpaired) electrons. The van der Waals surface area contributed by atoms with Gasteiger partial charge in [0, 0.05) is 16.8 Å². The lowest BCUT2D eigenvalue weighted by atomic mass is 9.65. The Hall–Kier alpha value is -5.10. The Bertz CT molecular complexity index is 1750. The maximum absolute atomic E-state index is 14.3. The van der Waals surface area contributed by atoms with Gasteiger partial charge in [-0.3, -0.25) is 14.7 Å². The number of anilines is 2. The first-order valence-electron chi connectivity index (χ1n) is 12.1. The molecule has 1 aromatic heterocycles. The minimum absolute atomic E-state index is 0.250. The Kier molecular flexibility index (Phi) is 4.56. The van der Waals surface area contributed by atoms with Crippen molar-refractivity contribution >= 4 is 28.7 Å². The van der Waals surface area contributed by atoms with Crippen LogP contribution in [0.15, 0.2) is 120 Å². The van der Waals surface area contributed by atoms with Crippen LogP contribution in [-0.2, 0) is 10.2 Å². The molecule has 2 aliphatic rings. The van der Waals surface area contributed by atoms with Gasteiger partial charge in [0.25, 0.3) is 5.56 Å². The fourth-order valence-corrected chi connectivity index (χ4v) is 5.68. The molecule has 3 N–H and O–H groups in total. The number of amides is 1. The molecule has 2 aliphatic heterocycles. The standard InChI is InChI=1S/C31H22N4O2/c36-29-26-28(34-35(29)22-16-8-3-9-17-22)33-27(21-14-6-2-7-15-21)25(20-12-4-1-5-13-20)31(26)23-18-10-11-19-24(23)32-30(31)37/h1-19,33-34H,(H,32,37). The molecule has 3 heterocycles. The van der Waals surface area contributed by atoms with Crippen LogP contribution in [0.4, 0.5) is 11.5 Å². The molecular weight excluding hydrogens is 460 g/mol. The van der Waals surface area contributed by atoms with Crippen LogP contribution in [0.3, 0.4) is 0 Å². The van der Waals surface area contributed by atoms with E-state index < -0.39 is 5.41 Å². The van der Waals surface area contributed by atoms with Gasteiger partial charge in [-0.15, -0.1) is 0 Å².